The zero-order valence-electron chi connectivity index (χ0n) is 66.8. The van der Waals surface area contributed by atoms with Crippen LogP contribution in [0.4, 0.5) is 0 Å². The van der Waals surface area contributed by atoms with Gasteiger partial charge < -0.3 is 47.9 Å². The quantitative estimate of drug-likeness (QED) is 0.151. The molecule has 0 aromatic carbocycles. The molecule has 0 aromatic heterocycles. The smallest absolute Gasteiger partial charge is 0.230 e. The largest absolute Gasteiger partial charge is 0.497 e. The summed E-state index contributed by atoms with van der Waals surface area (Å²) in [5.41, 5.74) is 12.9. The average Bonchev–Trinajstić information content (AvgIpc) is 2.64. The van der Waals surface area contributed by atoms with Crippen molar-refractivity contribution >= 4 is 0 Å². The van der Waals surface area contributed by atoms with Crippen LogP contribution in [0.25, 0.3) is 0 Å². The maximum atomic E-state index is 5.69. The van der Waals surface area contributed by atoms with Crippen molar-refractivity contribution in [3.63, 3.8) is 0 Å². The molecule has 0 unspecified atom stereocenters. The first-order valence-corrected chi connectivity index (χ1v) is 37.7. The van der Waals surface area contributed by atoms with Crippen LogP contribution in [0.15, 0.2) is 90.8 Å². The van der Waals surface area contributed by atoms with Crippen molar-refractivity contribution in [3.8, 4) is 0 Å². The highest BCUT2D eigenvalue weighted by molar-refractivity contribution is 5.24. The van der Waals surface area contributed by atoms with E-state index in [2.05, 4.69) is 227 Å². The Morgan fingerprint density at radius 2 is 0.495 bits per heavy atom. The zero-order chi connectivity index (χ0) is 71.0. The number of rotatable bonds is 16. The fourth-order valence-corrected chi connectivity index (χ4v) is 13.0. The Hall–Kier alpha value is -3.92. The van der Waals surface area contributed by atoms with E-state index in [1.165, 1.54) is 73.1 Å². The van der Waals surface area contributed by atoms with Crippen LogP contribution in [-0.4, -0.2) is 66.2 Å². The SMILES string of the molecule is CC(C)C1=C(C(C)C)CCC1.CC(C)C1=C(C(C)C)CCCC1.CC(C)C1=C(C(C)C)COC1.CC(C)C1=C(C(C)C)OCC1.CC(C)C1=C(C(C)C)OCCCO1.CC(C)C1=C(C(C)C)OCCN1.CC(C)C1=C(C(C)C)OCCO1.CC(C)C1=C(C(C)C)OCO1. The zero-order valence-corrected chi connectivity index (χ0v) is 66.8. The first kappa shape index (κ1) is 87.1. The third-order valence-electron chi connectivity index (χ3n) is 17.9. The van der Waals surface area contributed by atoms with Gasteiger partial charge in [-0.3, -0.25) is 0 Å². The van der Waals surface area contributed by atoms with Crippen LogP contribution in [0.2, 0.25) is 0 Å². The Morgan fingerprint density at radius 1 is 0.215 bits per heavy atom. The Morgan fingerprint density at radius 3 is 0.774 bits per heavy atom. The van der Waals surface area contributed by atoms with Crippen molar-refractivity contribution < 1.29 is 42.6 Å². The molecule has 93 heavy (non-hydrogen) atoms. The molecule has 542 valence electrons. The Labute approximate surface area is 576 Å². The van der Waals surface area contributed by atoms with E-state index in [0.29, 0.717) is 91.0 Å². The van der Waals surface area contributed by atoms with Gasteiger partial charge in [-0.25, -0.2) is 0 Å². The second-order valence-corrected chi connectivity index (χ2v) is 31.6. The third kappa shape index (κ3) is 31.0. The van der Waals surface area contributed by atoms with Crippen LogP contribution in [-0.2, 0) is 42.6 Å². The number of nitrogens with one attached hydrogen (secondary N) is 1. The van der Waals surface area contributed by atoms with E-state index in [9.17, 15) is 0 Å². The van der Waals surface area contributed by atoms with Crippen molar-refractivity contribution in [1.82, 2.24) is 5.32 Å². The van der Waals surface area contributed by atoms with Gasteiger partial charge in [0.1, 0.15) is 60.1 Å². The van der Waals surface area contributed by atoms with Gasteiger partial charge in [-0.05, 0) is 109 Å². The van der Waals surface area contributed by atoms with Crippen LogP contribution < -0.4 is 5.32 Å². The van der Waals surface area contributed by atoms with Crippen LogP contribution in [0.3, 0.4) is 0 Å². The standard InChI is InChI=1S/C12H22.C11H20O2.C11H20.C10H19NO.C10H18O2.2C10H18O.C9H16O2/c1-9(2)11-7-5-6-8-12(11)10(3)4;1-8(2)10-11(9(3)4)13-7-5-6-12-10;1-8(2)10-6-5-7-11(10)9(3)4;2*1-7(2)9-10(8(3)4)12-6-5-11-9;1-7(2)9-5-11-6-10(9)8(3)4;1-7(2)9-5-6-11-10(9)8(3)4;1-6(2)8-9(7(3)4)11-5-10-8/h9-10H,5-8H2,1-4H3;8-9H,5-7H2,1-4H3;8-9H,5-7H2,1-4H3;7-8,11H,5-6H2,1-4H3;7-8H,5-6H2,1-4H3;2*7-8H,5-6H2,1-4H3;6-7H,5H2,1-4H3. The first-order valence-electron chi connectivity index (χ1n) is 37.7. The van der Waals surface area contributed by atoms with E-state index in [1.54, 1.807) is 22.3 Å². The number of hydrogen-bond acceptors (Lipinski definition) is 10. The molecule has 0 saturated carbocycles. The Balaban J connectivity index is 0.000000532. The number of ether oxygens (including phenoxy) is 9. The van der Waals surface area contributed by atoms with Crippen LogP contribution in [0, 0.1) is 94.7 Å². The van der Waals surface area contributed by atoms with Gasteiger partial charge in [0.05, 0.1) is 44.5 Å². The minimum absolute atomic E-state index is 0.404. The summed E-state index contributed by atoms with van der Waals surface area (Å²) < 4.78 is 49.8. The van der Waals surface area contributed by atoms with E-state index < -0.39 is 0 Å². The lowest BCUT2D eigenvalue weighted by atomic mass is 9.81. The minimum Gasteiger partial charge on any atom is -0.497 e. The molecule has 0 fully saturated rings. The van der Waals surface area contributed by atoms with Crippen molar-refractivity contribution in [1.29, 1.82) is 0 Å². The van der Waals surface area contributed by atoms with E-state index in [-0.39, 0.29) is 0 Å². The molecular weight excluding hydrogens is 1150 g/mol. The molecule has 10 nitrogen and oxygen atoms in total. The highest BCUT2D eigenvalue weighted by atomic mass is 16.7. The molecule has 0 atom stereocenters. The predicted octanol–water partition coefficient (Wildman–Crippen LogP) is 23.7. The maximum absolute atomic E-state index is 5.69. The van der Waals surface area contributed by atoms with Crippen LogP contribution in [0.5, 0.6) is 0 Å². The number of hydrogen-bond donors (Lipinski definition) is 1. The summed E-state index contributed by atoms with van der Waals surface area (Å²) in [5.74, 6) is 18.0. The molecule has 0 amide bonds. The topological polar surface area (TPSA) is 95.1 Å². The molecule has 6 aliphatic heterocycles. The summed E-state index contributed by atoms with van der Waals surface area (Å²) in [6.45, 7) is 78.6. The van der Waals surface area contributed by atoms with Gasteiger partial charge in [0.15, 0.2) is 0 Å². The van der Waals surface area contributed by atoms with Crippen molar-refractivity contribution in [2.24, 2.45) is 94.7 Å². The Bertz CT molecular complexity index is 1970. The molecule has 0 bridgehead atoms. The summed E-state index contributed by atoms with van der Waals surface area (Å²) in [5, 5.41) is 3.40. The minimum atomic E-state index is 0.404. The van der Waals surface area contributed by atoms with Gasteiger partial charge in [-0.1, -0.05) is 244 Å². The monoisotopic (exact) mass is 1310 g/mol. The summed E-state index contributed by atoms with van der Waals surface area (Å²) in [4.78, 5) is 0. The molecule has 8 aliphatic rings. The molecule has 10 heteroatoms. The molecule has 6 heterocycles. The van der Waals surface area contributed by atoms with Crippen LogP contribution >= 0.6 is 0 Å². The Kier molecular flexibility index (Phi) is 42.7. The van der Waals surface area contributed by atoms with Crippen molar-refractivity contribution in [3.05, 3.63) is 90.8 Å². The van der Waals surface area contributed by atoms with Crippen molar-refractivity contribution in [2.75, 3.05) is 66.2 Å². The molecule has 8 rings (SSSR count). The summed E-state index contributed by atoms with van der Waals surface area (Å²) >= 11 is 0. The average molecular weight is 1310 g/mol. The normalized spacial score (nSPS) is 18.6. The molecular formula is C83H151NO9. The predicted molar refractivity (Wildman–Crippen MR) is 397 cm³/mol. The van der Waals surface area contributed by atoms with Gasteiger partial charge in [-0.2, -0.15) is 0 Å². The van der Waals surface area contributed by atoms with Crippen LogP contribution in [0.1, 0.15) is 279 Å². The lowest BCUT2D eigenvalue weighted by Gasteiger charge is -2.27. The fourth-order valence-electron chi connectivity index (χ4n) is 13.0. The van der Waals surface area contributed by atoms with Gasteiger partial charge >= 0.3 is 0 Å². The van der Waals surface area contributed by atoms with E-state index in [1.807, 2.05) is 0 Å². The van der Waals surface area contributed by atoms with E-state index >= 15 is 0 Å². The van der Waals surface area contributed by atoms with Gasteiger partial charge in [-0.15, -0.1) is 0 Å². The van der Waals surface area contributed by atoms with Gasteiger partial charge in [0, 0.05) is 66.7 Å². The lowest BCUT2D eigenvalue weighted by Crippen LogP contribution is -2.30. The molecule has 1 N–H and O–H groups in total. The highest BCUT2D eigenvalue weighted by Gasteiger charge is 2.26. The first-order chi connectivity index (χ1) is 43.5. The summed E-state index contributed by atoms with van der Waals surface area (Å²) in [6.07, 6.45) is 11.8. The van der Waals surface area contributed by atoms with Crippen molar-refractivity contribution in [2.45, 2.75) is 279 Å². The fraction of sp³-hybridized carbons (Fsp3) is 0.807. The third-order valence-corrected chi connectivity index (χ3v) is 17.9. The molecule has 0 radical (unpaired) electrons. The highest BCUT2D eigenvalue weighted by Crippen LogP contribution is 2.37. The molecule has 0 saturated heterocycles. The molecule has 0 aromatic rings. The number of allylic oxidation sites excluding steroid dienone is 13. The van der Waals surface area contributed by atoms with Gasteiger partial charge in [0.2, 0.25) is 6.79 Å². The van der Waals surface area contributed by atoms with Gasteiger partial charge in [0.25, 0.3) is 0 Å². The van der Waals surface area contributed by atoms with E-state index in [4.69, 9.17) is 42.6 Å². The molecule has 2 aliphatic carbocycles. The molecule has 0 spiro atoms. The second-order valence-electron chi connectivity index (χ2n) is 31.6. The summed E-state index contributed by atoms with van der Waals surface area (Å²) in [6, 6.07) is 0. The lowest BCUT2D eigenvalue weighted by molar-refractivity contribution is 0.0364. The van der Waals surface area contributed by atoms with E-state index in [0.717, 1.165) is 123 Å². The maximum Gasteiger partial charge on any atom is 0.230 e. The summed E-state index contributed by atoms with van der Waals surface area (Å²) in [7, 11) is 0. The second kappa shape index (κ2) is 45.6.